The largest absolute Gasteiger partial charge is 0.325 e. The van der Waals surface area contributed by atoms with Crippen LogP contribution < -0.4 is 5.32 Å². The van der Waals surface area contributed by atoms with Crippen LogP contribution in [0.1, 0.15) is 36.1 Å². The van der Waals surface area contributed by atoms with E-state index in [0.717, 1.165) is 27.5 Å². The summed E-state index contributed by atoms with van der Waals surface area (Å²) in [6.07, 6.45) is 3.89. The van der Waals surface area contributed by atoms with E-state index in [0.29, 0.717) is 0 Å². The summed E-state index contributed by atoms with van der Waals surface area (Å²) in [5, 5.41) is 7.27. The molecule has 30 heavy (non-hydrogen) atoms. The highest BCUT2D eigenvalue weighted by Gasteiger charge is 2.28. The number of nitrogens with zero attached hydrogens (tertiary/aromatic N) is 1. The van der Waals surface area contributed by atoms with Crippen molar-refractivity contribution in [1.82, 2.24) is 4.90 Å². The molecule has 1 atom stereocenters. The fourth-order valence-electron chi connectivity index (χ4n) is 3.52. The van der Waals surface area contributed by atoms with Crippen LogP contribution in [0.25, 0.3) is 6.08 Å². The predicted molar refractivity (Wildman–Crippen MR) is 124 cm³/mol. The second-order valence-electron chi connectivity index (χ2n) is 7.06. The highest BCUT2D eigenvalue weighted by molar-refractivity contribution is 7.98. The number of anilines is 1. The minimum atomic E-state index is -0.311. The molecule has 2 heterocycles. The lowest BCUT2D eigenvalue weighted by Crippen LogP contribution is -2.33. The molecule has 0 saturated carbocycles. The number of thioether (sulfide) groups is 1. The maximum atomic E-state index is 13.0. The number of carbonyl (C=O) groups excluding carboxylic acids is 2. The lowest BCUT2D eigenvalue weighted by molar-refractivity contribution is -0.129. The molecule has 3 aromatic rings. The number of hydrogen-bond donors (Lipinski definition) is 1. The Labute approximate surface area is 184 Å². The number of nitrogens with one attached hydrogen (secondary N) is 1. The van der Waals surface area contributed by atoms with Crippen molar-refractivity contribution in [1.29, 1.82) is 0 Å². The average Bonchev–Trinajstić information content (AvgIpc) is 3.27. The monoisotopic (exact) mass is 434 g/mol. The second kappa shape index (κ2) is 9.32. The molecule has 6 heteroatoms. The molecule has 1 aliphatic rings. The summed E-state index contributed by atoms with van der Waals surface area (Å²) >= 11 is 3.39. The Kier molecular flexibility index (Phi) is 6.35. The van der Waals surface area contributed by atoms with Crippen molar-refractivity contribution < 1.29 is 9.59 Å². The lowest BCUT2D eigenvalue weighted by atomic mass is 9.93. The molecule has 0 radical (unpaired) electrons. The normalized spacial score (nSPS) is 15.0. The molecule has 152 valence electrons. The number of hydrogen-bond acceptors (Lipinski definition) is 4. The number of rotatable bonds is 6. The van der Waals surface area contributed by atoms with Gasteiger partial charge in [0.25, 0.3) is 0 Å². The molecule has 0 unspecified atom stereocenters. The van der Waals surface area contributed by atoms with E-state index >= 15 is 0 Å². The van der Waals surface area contributed by atoms with E-state index in [1.54, 1.807) is 34.2 Å². The molecule has 1 N–H and O–H groups in total. The first-order valence-corrected chi connectivity index (χ1v) is 11.6. The Bertz CT molecular complexity index is 1080. The van der Waals surface area contributed by atoms with Crippen molar-refractivity contribution >= 4 is 46.7 Å². The van der Waals surface area contributed by atoms with Gasteiger partial charge in [-0.1, -0.05) is 36.4 Å². The second-order valence-corrected chi connectivity index (χ2v) is 8.85. The molecule has 2 aromatic carbocycles. The number of amides is 2. The van der Waals surface area contributed by atoms with E-state index in [-0.39, 0.29) is 24.3 Å². The molecule has 0 fully saturated rings. The highest BCUT2D eigenvalue weighted by atomic mass is 32.2. The molecule has 0 bridgehead atoms. The van der Waals surface area contributed by atoms with Crippen molar-refractivity contribution in [2.75, 3.05) is 5.32 Å². The number of thiophene rings is 1. The first-order chi connectivity index (χ1) is 14.6. The minimum Gasteiger partial charge on any atom is -0.325 e. The number of carbonyl (C=O) groups is 2. The Hall–Kier alpha value is -2.83. The minimum absolute atomic E-state index is 0.0785. The summed E-state index contributed by atoms with van der Waals surface area (Å²) in [6, 6.07) is 17.5. The van der Waals surface area contributed by atoms with Crippen LogP contribution in [0.4, 0.5) is 5.69 Å². The molecule has 4 nitrogen and oxygen atoms in total. The topological polar surface area (TPSA) is 49.4 Å². The standard InChI is InChI=1S/C24H22N2O2S2/c1-17(27)26-12-10-19-6-2-3-7-20(19)22(26)14-24(28)25-21-8-4-5-9-23(21)30-16-18-11-13-29-15-18/h2-13,15,22H,14,16H2,1H3,(H,25,28)/t22-/m0/s1. The lowest BCUT2D eigenvalue weighted by Gasteiger charge is -2.32. The van der Waals surface area contributed by atoms with Gasteiger partial charge < -0.3 is 10.2 Å². The van der Waals surface area contributed by atoms with E-state index < -0.39 is 0 Å². The zero-order valence-electron chi connectivity index (χ0n) is 16.6. The SMILES string of the molecule is CC(=O)N1C=Cc2ccccc2[C@@H]1CC(=O)Nc1ccccc1SCc1ccsc1. The smallest absolute Gasteiger partial charge is 0.226 e. The summed E-state index contributed by atoms with van der Waals surface area (Å²) in [5.41, 5.74) is 4.11. The van der Waals surface area contributed by atoms with Crippen LogP contribution in [0, 0.1) is 0 Å². The Balaban J connectivity index is 1.49. The number of para-hydroxylation sites is 1. The average molecular weight is 435 g/mol. The van der Waals surface area contributed by atoms with Gasteiger partial charge in [0.15, 0.2) is 0 Å². The van der Waals surface area contributed by atoms with Crippen molar-refractivity contribution in [2.24, 2.45) is 0 Å². The summed E-state index contributed by atoms with van der Waals surface area (Å²) in [6.45, 7) is 1.53. The fourth-order valence-corrected chi connectivity index (χ4v) is 5.25. The van der Waals surface area contributed by atoms with Crippen LogP contribution in [-0.2, 0) is 15.3 Å². The van der Waals surface area contributed by atoms with E-state index in [9.17, 15) is 9.59 Å². The van der Waals surface area contributed by atoms with E-state index in [2.05, 4.69) is 22.1 Å². The third-order valence-corrected chi connectivity index (χ3v) is 6.86. The number of fused-ring (bicyclic) bond motifs is 1. The van der Waals surface area contributed by atoms with Gasteiger partial charge in [-0.2, -0.15) is 11.3 Å². The van der Waals surface area contributed by atoms with Crippen molar-refractivity contribution in [3.63, 3.8) is 0 Å². The van der Waals surface area contributed by atoms with Gasteiger partial charge in [-0.05, 0) is 51.7 Å². The van der Waals surface area contributed by atoms with Gasteiger partial charge in [0.05, 0.1) is 18.2 Å². The Morgan fingerprint density at radius 1 is 1.10 bits per heavy atom. The summed E-state index contributed by atoms with van der Waals surface area (Å²) in [7, 11) is 0. The summed E-state index contributed by atoms with van der Waals surface area (Å²) < 4.78 is 0. The van der Waals surface area contributed by atoms with Crippen LogP contribution in [-0.4, -0.2) is 16.7 Å². The molecule has 0 spiro atoms. The maximum Gasteiger partial charge on any atom is 0.226 e. The third kappa shape index (κ3) is 4.66. The molecule has 4 rings (SSSR count). The molecule has 2 amide bonds. The van der Waals surface area contributed by atoms with Crippen molar-refractivity contribution in [2.45, 2.75) is 30.0 Å². The van der Waals surface area contributed by atoms with E-state index in [1.165, 1.54) is 12.5 Å². The van der Waals surface area contributed by atoms with Gasteiger partial charge >= 0.3 is 0 Å². The van der Waals surface area contributed by atoms with Gasteiger partial charge in [0.1, 0.15) is 0 Å². The predicted octanol–water partition coefficient (Wildman–Crippen LogP) is 5.94. The van der Waals surface area contributed by atoms with E-state index in [1.807, 2.05) is 54.6 Å². The van der Waals surface area contributed by atoms with Gasteiger partial charge in [0, 0.05) is 23.8 Å². The van der Waals surface area contributed by atoms with Crippen LogP contribution in [0.5, 0.6) is 0 Å². The first-order valence-electron chi connectivity index (χ1n) is 9.70. The summed E-state index contributed by atoms with van der Waals surface area (Å²) in [4.78, 5) is 27.8. The van der Waals surface area contributed by atoms with Gasteiger partial charge in [-0.3, -0.25) is 9.59 Å². The van der Waals surface area contributed by atoms with Gasteiger partial charge in [0.2, 0.25) is 11.8 Å². The van der Waals surface area contributed by atoms with Crippen LogP contribution >= 0.6 is 23.1 Å². The van der Waals surface area contributed by atoms with E-state index in [4.69, 9.17) is 0 Å². The zero-order chi connectivity index (χ0) is 20.9. The van der Waals surface area contributed by atoms with Crippen molar-refractivity contribution in [3.8, 4) is 0 Å². The third-order valence-electron chi connectivity index (χ3n) is 4.98. The molecular weight excluding hydrogens is 412 g/mol. The van der Waals surface area contributed by atoms with Crippen LogP contribution in [0.3, 0.4) is 0 Å². The zero-order valence-corrected chi connectivity index (χ0v) is 18.2. The molecule has 0 aliphatic carbocycles. The van der Waals surface area contributed by atoms with Crippen LogP contribution in [0.15, 0.2) is 76.5 Å². The molecule has 1 aliphatic heterocycles. The molecule has 0 saturated heterocycles. The van der Waals surface area contributed by atoms with Gasteiger partial charge in [-0.25, -0.2) is 0 Å². The fraction of sp³-hybridized carbons (Fsp3) is 0.167. The number of benzene rings is 2. The maximum absolute atomic E-state index is 13.0. The highest BCUT2D eigenvalue weighted by Crippen LogP contribution is 2.34. The summed E-state index contributed by atoms with van der Waals surface area (Å²) in [5.74, 6) is 0.667. The van der Waals surface area contributed by atoms with Crippen LogP contribution in [0.2, 0.25) is 0 Å². The quantitative estimate of drug-likeness (QED) is 0.488. The first kappa shape index (κ1) is 20.4. The van der Waals surface area contributed by atoms with Crippen molar-refractivity contribution in [3.05, 3.63) is 88.2 Å². The van der Waals surface area contributed by atoms with Gasteiger partial charge in [-0.15, -0.1) is 11.8 Å². The molecular formula is C24H22N2O2S2. The Morgan fingerprint density at radius 3 is 2.70 bits per heavy atom. The molecule has 1 aromatic heterocycles. The Morgan fingerprint density at radius 2 is 1.90 bits per heavy atom.